The van der Waals surface area contributed by atoms with Gasteiger partial charge in [0.1, 0.15) is 0 Å². The Balaban J connectivity index is 1.91. The predicted molar refractivity (Wildman–Crippen MR) is 102 cm³/mol. The first-order valence-corrected chi connectivity index (χ1v) is 8.76. The molecule has 2 aromatic carbocycles. The van der Waals surface area contributed by atoms with Crippen LogP contribution >= 0.6 is 0 Å². The molecule has 2 aliphatic rings. The molecule has 0 N–H and O–H groups in total. The summed E-state index contributed by atoms with van der Waals surface area (Å²) in [5.74, 6) is 0. The summed E-state index contributed by atoms with van der Waals surface area (Å²) in [6.07, 6.45) is 7.23. The van der Waals surface area contributed by atoms with Crippen LogP contribution in [-0.2, 0) is 12.0 Å². The predicted octanol–water partition coefficient (Wildman–Crippen LogP) is 4.40. The van der Waals surface area contributed by atoms with Crippen LogP contribution in [0.2, 0.25) is 0 Å². The smallest absolute Gasteiger partial charge is 0.192 e. The minimum Gasteiger partial charge on any atom is -0.192 e. The van der Waals surface area contributed by atoms with Crippen LogP contribution in [0.15, 0.2) is 85.1 Å². The van der Waals surface area contributed by atoms with Gasteiger partial charge < -0.3 is 0 Å². The van der Waals surface area contributed by atoms with E-state index in [4.69, 9.17) is 0 Å². The number of rotatable bonds is 1. The van der Waals surface area contributed by atoms with Gasteiger partial charge in [0.25, 0.3) is 0 Å². The van der Waals surface area contributed by atoms with Gasteiger partial charge in [-0.3, -0.25) is 0 Å². The Bertz CT molecular complexity index is 1150. The maximum Gasteiger partial charge on any atom is 0.223 e. The molecule has 1 aromatic heterocycles. The van der Waals surface area contributed by atoms with Crippen LogP contribution in [-0.4, -0.2) is 0 Å². The van der Waals surface area contributed by atoms with Crippen molar-refractivity contribution in [1.82, 2.24) is 0 Å². The zero-order valence-corrected chi connectivity index (χ0v) is 14.3. The van der Waals surface area contributed by atoms with Gasteiger partial charge in [0.15, 0.2) is 6.20 Å². The summed E-state index contributed by atoms with van der Waals surface area (Å²) >= 11 is 0. The largest absolute Gasteiger partial charge is 0.223 e. The van der Waals surface area contributed by atoms with Crippen molar-refractivity contribution in [1.29, 1.82) is 5.26 Å². The number of hydrogen-bond donors (Lipinski definition) is 0. The second-order valence-electron chi connectivity index (χ2n) is 6.87. The van der Waals surface area contributed by atoms with Gasteiger partial charge in [-0.1, -0.05) is 36.9 Å². The van der Waals surface area contributed by atoms with E-state index >= 15 is 0 Å². The Morgan fingerprint density at radius 2 is 1.88 bits per heavy atom. The molecule has 1 atom stereocenters. The number of hydrogen-bond acceptors (Lipinski definition) is 1. The van der Waals surface area contributed by atoms with Gasteiger partial charge in [0, 0.05) is 35.8 Å². The maximum atomic E-state index is 9.42. The fourth-order valence-corrected chi connectivity index (χ4v) is 4.54. The molecule has 0 saturated heterocycles. The van der Waals surface area contributed by atoms with E-state index in [0.29, 0.717) is 5.56 Å². The highest BCUT2D eigenvalue weighted by Gasteiger charge is 2.53. The highest BCUT2D eigenvalue weighted by Crippen LogP contribution is 2.48. The topological polar surface area (TPSA) is 27.7 Å². The lowest BCUT2D eigenvalue weighted by Crippen LogP contribution is -2.59. The van der Waals surface area contributed by atoms with E-state index in [1.165, 1.54) is 28.0 Å². The molecule has 1 aliphatic heterocycles. The molecule has 1 aliphatic carbocycles. The molecule has 1 spiro atoms. The molecule has 0 fully saturated rings. The summed E-state index contributed by atoms with van der Waals surface area (Å²) < 4.78 is 2.35. The Labute approximate surface area is 153 Å². The van der Waals surface area contributed by atoms with Crippen molar-refractivity contribution >= 4 is 6.08 Å². The van der Waals surface area contributed by atoms with Crippen LogP contribution < -0.4 is 4.57 Å². The number of nitrogens with zero attached hydrogens (tertiary/aromatic N) is 2. The highest BCUT2D eigenvalue weighted by molar-refractivity contribution is 5.78. The Morgan fingerprint density at radius 1 is 1.04 bits per heavy atom. The average Bonchev–Trinajstić information content (AvgIpc) is 3.02. The highest BCUT2D eigenvalue weighted by atomic mass is 15.1. The summed E-state index contributed by atoms with van der Waals surface area (Å²) in [5, 5.41) is 9.42. The third-order valence-electron chi connectivity index (χ3n) is 5.65. The fourth-order valence-electron chi connectivity index (χ4n) is 4.54. The van der Waals surface area contributed by atoms with Crippen LogP contribution in [0, 0.1) is 11.3 Å². The van der Waals surface area contributed by atoms with Crippen LogP contribution in [0.3, 0.4) is 0 Å². The van der Waals surface area contributed by atoms with Crippen LogP contribution in [0.4, 0.5) is 0 Å². The summed E-state index contributed by atoms with van der Waals surface area (Å²) in [4.78, 5) is 0. The van der Waals surface area contributed by atoms with E-state index in [2.05, 4.69) is 78.0 Å². The fraction of sp³-hybridized carbons (Fsp3) is 0.0833. The van der Waals surface area contributed by atoms with Crippen molar-refractivity contribution in [3.63, 3.8) is 0 Å². The van der Waals surface area contributed by atoms with E-state index in [1.54, 1.807) is 0 Å². The average molecular weight is 333 g/mol. The Kier molecular flexibility index (Phi) is 3.02. The van der Waals surface area contributed by atoms with Gasteiger partial charge in [-0.15, -0.1) is 0 Å². The molecule has 0 saturated carbocycles. The molecule has 5 rings (SSSR count). The first-order valence-electron chi connectivity index (χ1n) is 8.76. The van der Waals surface area contributed by atoms with E-state index < -0.39 is 0 Å². The van der Waals surface area contributed by atoms with Crippen molar-refractivity contribution in [3.05, 3.63) is 107 Å². The summed E-state index contributed by atoms with van der Waals surface area (Å²) in [7, 11) is 0. The molecular weight excluding hydrogens is 316 g/mol. The van der Waals surface area contributed by atoms with Crippen molar-refractivity contribution in [2.75, 3.05) is 0 Å². The van der Waals surface area contributed by atoms with Crippen molar-refractivity contribution in [2.24, 2.45) is 0 Å². The van der Waals surface area contributed by atoms with Gasteiger partial charge >= 0.3 is 0 Å². The van der Waals surface area contributed by atoms with Crippen molar-refractivity contribution in [3.8, 4) is 17.2 Å². The van der Waals surface area contributed by atoms with E-state index in [0.717, 1.165) is 12.0 Å². The van der Waals surface area contributed by atoms with Gasteiger partial charge in [0.05, 0.1) is 11.6 Å². The molecule has 2 heterocycles. The second kappa shape index (κ2) is 5.28. The van der Waals surface area contributed by atoms with Crippen molar-refractivity contribution < 1.29 is 4.57 Å². The quantitative estimate of drug-likeness (QED) is 0.607. The zero-order chi connectivity index (χ0) is 17.7. The molecule has 0 radical (unpaired) electrons. The molecule has 122 valence electrons. The van der Waals surface area contributed by atoms with Crippen LogP contribution in [0.25, 0.3) is 17.2 Å². The number of allylic oxidation sites excluding steroid dienone is 2. The minimum absolute atomic E-state index is 0.310. The number of benzene rings is 2. The first-order chi connectivity index (χ1) is 12.8. The molecule has 2 heteroatoms. The van der Waals surface area contributed by atoms with E-state index in [-0.39, 0.29) is 5.54 Å². The van der Waals surface area contributed by atoms with E-state index in [1.807, 2.05) is 18.2 Å². The Hall–Kier alpha value is -3.44. The molecule has 26 heavy (non-hydrogen) atoms. The molecule has 0 amide bonds. The van der Waals surface area contributed by atoms with Gasteiger partial charge in [0.2, 0.25) is 11.2 Å². The van der Waals surface area contributed by atoms with Gasteiger partial charge in [-0.2, -0.15) is 9.83 Å². The monoisotopic (exact) mass is 333 g/mol. The van der Waals surface area contributed by atoms with Crippen LogP contribution in [0.5, 0.6) is 0 Å². The van der Waals surface area contributed by atoms with Gasteiger partial charge in [-0.25, -0.2) is 0 Å². The van der Waals surface area contributed by atoms with Gasteiger partial charge in [-0.05, 0) is 41.0 Å². The summed E-state index contributed by atoms with van der Waals surface area (Å²) in [5.41, 5.74) is 7.65. The lowest BCUT2D eigenvalue weighted by Gasteiger charge is -2.34. The summed E-state index contributed by atoms with van der Waals surface area (Å²) in [6.45, 7) is 4.10. The third kappa shape index (κ3) is 1.78. The number of fused-ring (bicyclic) bond motifs is 6. The second-order valence-corrected chi connectivity index (χ2v) is 6.87. The number of aromatic nitrogens is 1. The minimum atomic E-state index is -0.310. The van der Waals surface area contributed by atoms with Crippen LogP contribution in [0.1, 0.15) is 22.4 Å². The molecule has 2 nitrogen and oxygen atoms in total. The molecule has 0 bridgehead atoms. The number of nitriles is 1. The maximum absolute atomic E-state index is 9.42. The lowest BCUT2D eigenvalue weighted by molar-refractivity contribution is -0.741. The molecule has 1 unspecified atom stereocenters. The van der Waals surface area contributed by atoms with E-state index in [9.17, 15) is 5.26 Å². The lowest BCUT2D eigenvalue weighted by atomic mass is 9.70. The Morgan fingerprint density at radius 3 is 2.73 bits per heavy atom. The molecular formula is C24H17N2+. The third-order valence-corrected chi connectivity index (χ3v) is 5.65. The molecule has 3 aromatic rings. The SMILES string of the molecule is C=CC1=Cc2cccc[n+]2C12Cc1ccccc1-c1cc(C#N)ccc12. The normalized spacial score (nSPS) is 19.1. The standard InChI is InChI=1S/C24H17N2/c1-2-19-14-20-8-5-6-12-26(20)24(19)15-18-7-3-4-9-21(18)22-13-17(16-25)10-11-23(22)24/h2-14H,1,15H2/q+1. The van der Waals surface area contributed by atoms with Crippen molar-refractivity contribution in [2.45, 2.75) is 12.0 Å². The summed E-state index contributed by atoms with van der Waals surface area (Å²) in [6, 6.07) is 23.2. The first kappa shape index (κ1) is 14.9. The zero-order valence-electron chi connectivity index (χ0n) is 14.3. The number of pyridine rings is 1.